The molecule has 9 heteroatoms. The van der Waals surface area contributed by atoms with Crippen LogP contribution < -0.4 is 11.3 Å². The van der Waals surface area contributed by atoms with Gasteiger partial charge in [0, 0.05) is 24.2 Å². The summed E-state index contributed by atoms with van der Waals surface area (Å²) in [5.41, 5.74) is -0.126. The molecule has 1 saturated heterocycles. The summed E-state index contributed by atoms with van der Waals surface area (Å²) in [5.74, 6) is 5.23. The average molecular weight is 310 g/mol. The van der Waals surface area contributed by atoms with Crippen molar-refractivity contribution in [3.05, 3.63) is 11.1 Å². The largest absolute Gasteiger partial charge is 0.417 e. The average Bonchev–Trinajstić information content (AvgIpc) is 2.73. The fraction of sp³-hybridized carbons (Fsp3) is 0.727. The van der Waals surface area contributed by atoms with Crippen LogP contribution in [0, 0.1) is 0 Å². The number of hydrazine groups is 1. The third-order valence-electron chi connectivity index (χ3n) is 3.49. The highest BCUT2D eigenvalue weighted by atomic mass is 32.1. The van der Waals surface area contributed by atoms with Crippen molar-refractivity contribution in [2.45, 2.75) is 37.6 Å². The highest BCUT2D eigenvalue weighted by Crippen LogP contribution is 2.38. The first-order valence-corrected chi connectivity index (χ1v) is 7.08. The van der Waals surface area contributed by atoms with Crippen molar-refractivity contribution >= 4 is 16.5 Å². The van der Waals surface area contributed by atoms with Gasteiger partial charge in [-0.25, -0.2) is 10.8 Å². The van der Waals surface area contributed by atoms with Gasteiger partial charge in [-0.2, -0.15) is 13.2 Å². The smallest absolute Gasteiger partial charge is 0.380 e. The number of likely N-dealkylation sites (tertiary alicyclic amines) is 1. The van der Waals surface area contributed by atoms with E-state index in [-0.39, 0.29) is 19.4 Å². The molecular weight excluding hydrogens is 293 g/mol. The number of thiazole rings is 1. The molecule has 1 unspecified atom stereocenters. The van der Waals surface area contributed by atoms with Gasteiger partial charge in [0.1, 0.15) is 0 Å². The summed E-state index contributed by atoms with van der Waals surface area (Å²) in [6.45, 7) is 1.26. The number of aromatic nitrogens is 1. The van der Waals surface area contributed by atoms with E-state index in [1.54, 1.807) is 6.20 Å². The number of nitrogens with zero attached hydrogens (tertiary/aromatic N) is 2. The Morgan fingerprint density at radius 2 is 2.20 bits per heavy atom. The third-order valence-corrected chi connectivity index (χ3v) is 4.40. The SMILES string of the molecule is NNc1ncc(CN2CCCC(O)(C(F)(F)F)CC2)s1. The highest BCUT2D eigenvalue weighted by molar-refractivity contribution is 7.15. The second-order valence-corrected chi connectivity index (χ2v) is 6.05. The lowest BCUT2D eigenvalue weighted by Gasteiger charge is -2.29. The van der Waals surface area contributed by atoms with Crippen molar-refractivity contribution in [1.82, 2.24) is 9.88 Å². The van der Waals surface area contributed by atoms with Crippen LogP contribution in [0.3, 0.4) is 0 Å². The maximum Gasteiger partial charge on any atom is 0.417 e. The zero-order valence-electron chi connectivity index (χ0n) is 10.8. The topological polar surface area (TPSA) is 74.4 Å². The van der Waals surface area contributed by atoms with Crippen molar-refractivity contribution in [3.63, 3.8) is 0 Å². The van der Waals surface area contributed by atoms with Gasteiger partial charge in [-0.05, 0) is 25.8 Å². The first kappa shape index (κ1) is 15.5. The number of aliphatic hydroxyl groups is 1. The van der Waals surface area contributed by atoms with Gasteiger partial charge in [0.2, 0.25) is 0 Å². The molecule has 5 nitrogen and oxygen atoms in total. The molecule has 0 bridgehead atoms. The molecule has 20 heavy (non-hydrogen) atoms. The maximum atomic E-state index is 12.8. The van der Waals surface area contributed by atoms with Crippen LogP contribution >= 0.6 is 11.3 Å². The minimum absolute atomic E-state index is 0.208. The summed E-state index contributed by atoms with van der Waals surface area (Å²) < 4.78 is 38.4. The van der Waals surface area contributed by atoms with E-state index in [0.717, 1.165) is 4.88 Å². The third kappa shape index (κ3) is 3.40. The van der Waals surface area contributed by atoms with Crippen molar-refractivity contribution < 1.29 is 18.3 Å². The Hall–Kier alpha value is -0.900. The molecule has 0 aliphatic carbocycles. The van der Waals surface area contributed by atoms with Gasteiger partial charge < -0.3 is 5.11 Å². The minimum Gasteiger partial charge on any atom is -0.380 e. The van der Waals surface area contributed by atoms with Gasteiger partial charge in [0.15, 0.2) is 10.7 Å². The molecule has 0 radical (unpaired) electrons. The van der Waals surface area contributed by atoms with Gasteiger partial charge >= 0.3 is 6.18 Å². The number of anilines is 1. The molecule has 2 rings (SSSR count). The number of hydrogen-bond donors (Lipinski definition) is 3. The van der Waals surface area contributed by atoms with Crippen LogP contribution in [0.5, 0.6) is 0 Å². The first-order chi connectivity index (χ1) is 9.34. The number of halogens is 3. The van der Waals surface area contributed by atoms with Crippen LogP contribution in [0.15, 0.2) is 6.20 Å². The summed E-state index contributed by atoms with van der Waals surface area (Å²) in [6, 6.07) is 0. The van der Waals surface area contributed by atoms with E-state index in [1.165, 1.54) is 11.3 Å². The Morgan fingerprint density at radius 1 is 1.45 bits per heavy atom. The van der Waals surface area contributed by atoms with Crippen LogP contribution in [-0.2, 0) is 6.54 Å². The Bertz CT molecular complexity index is 453. The molecule has 1 fully saturated rings. The lowest BCUT2D eigenvalue weighted by Crippen LogP contribution is -2.45. The summed E-state index contributed by atoms with van der Waals surface area (Å²) in [5, 5.41) is 10.3. The molecule has 1 aromatic heterocycles. The van der Waals surface area contributed by atoms with Crippen LogP contribution in [0.4, 0.5) is 18.3 Å². The van der Waals surface area contributed by atoms with E-state index in [4.69, 9.17) is 5.84 Å². The second-order valence-electron chi connectivity index (χ2n) is 4.94. The zero-order valence-corrected chi connectivity index (χ0v) is 11.6. The Labute approximate surface area is 118 Å². The molecule has 0 spiro atoms. The number of rotatable bonds is 3. The Morgan fingerprint density at radius 3 is 2.80 bits per heavy atom. The number of nitrogen functional groups attached to an aromatic ring is 1. The van der Waals surface area contributed by atoms with E-state index < -0.39 is 11.8 Å². The van der Waals surface area contributed by atoms with Crippen molar-refractivity contribution in [2.75, 3.05) is 18.5 Å². The molecule has 1 aliphatic rings. The minimum atomic E-state index is -4.57. The van der Waals surface area contributed by atoms with E-state index in [9.17, 15) is 18.3 Å². The molecule has 1 atom stereocenters. The lowest BCUT2D eigenvalue weighted by molar-refractivity contribution is -0.263. The van der Waals surface area contributed by atoms with Gasteiger partial charge in [0.05, 0.1) is 0 Å². The maximum absolute atomic E-state index is 12.8. The van der Waals surface area contributed by atoms with Crippen molar-refractivity contribution in [2.24, 2.45) is 5.84 Å². The number of nitrogens with two attached hydrogens (primary N) is 1. The number of hydrogen-bond acceptors (Lipinski definition) is 6. The molecule has 4 N–H and O–H groups in total. The lowest BCUT2D eigenvalue weighted by atomic mass is 9.94. The molecule has 2 heterocycles. The molecular formula is C11H17F3N4OS. The molecule has 1 aromatic rings. The second kappa shape index (κ2) is 5.84. The molecule has 0 saturated carbocycles. The van der Waals surface area contributed by atoms with Crippen molar-refractivity contribution in [1.29, 1.82) is 0 Å². The van der Waals surface area contributed by atoms with E-state index in [1.807, 2.05) is 4.90 Å². The van der Waals surface area contributed by atoms with Crippen molar-refractivity contribution in [3.8, 4) is 0 Å². The molecule has 0 aromatic carbocycles. The summed E-state index contributed by atoms with van der Waals surface area (Å²) in [7, 11) is 0. The predicted octanol–water partition coefficient (Wildman–Crippen LogP) is 1.71. The summed E-state index contributed by atoms with van der Waals surface area (Å²) in [4.78, 5) is 6.84. The quantitative estimate of drug-likeness (QED) is 0.585. The zero-order chi connectivity index (χ0) is 14.8. The van der Waals surface area contributed by atoms with Crippen LogP contribution in [0.2, 0.25) is 0 Å². The fourth-order valence-corrected chi connectivity index (χ4v) is 3.05. The summed E-state index contributed by atoms with van der Waals surface area (Å²) in [6.07, 6.45) is -3.13. The molecule has 114 valence electrons. The molecule has 1 aliphatic heterocycles. The molecule has 0 amide bonds. The number of alkyl halides is 3. The first-order valence-electron chi connectivity index (χ1n) is 6.27. The van der Waals surface area contributed by atoms with Crippen LogP contribution in [0.1, 0.15) is 24.1 Å². The highest BCUT2D eigenvalue weighted by Gasteiger charge is 2.53. The standard InChI is InChI=1S/C11H17F3N4OS/c12-11(13,14)10(19)2-1-4-18(5-3-10)7-8-6-16-9(17-15)20-8/h6,19H,1-5,7,15H2,(H,16,17). The Kier molecular flexibility index (Phi) is 4.52. The predicted molar refractivity (Wildman–Crippen MR) is 70.1 cm³/mol. The monoisotopic (exact) mass is 310 g/mol. The number of nitrogens with one attached hydrogen (secondary N) is 1. The van der Waals surface area contributed by atoms with Gasteiger partial charge in [-0.1, -0.05) is 11.3 Å². The van der Waals surface area contributed by atoms with Crippen LogP contribution in [-0.4, -0.2) is 39.9 Å². The van der Waals surface area contributed by atoms with Gasteiger partial charge in [-0.3, -0.25) is 10.3 Å². The van der Waals surface area contributed by atoms with E-state index in [2.05, 4.69) is 10.4 Å². The van der Waals surface area contributed by atoms with Crippen LogP contribution in [0.25, 0.3) is 0 Å². The normalized spacial score (nSPS) is 25.4. The Balaban J connectivity index is 1.96. The van der Waals surface area contributed by atoms with Gasteiger partial charge in [0.25, 0.3) is 0 Å². The summed E-state index contributed by atoms with van der Waals surface area (Å²) >= 11 is 1.37. The van der Waals surface area contributed by atoms with Gasteiger partial charge in [-0.15, -0.1) is 0 Å². The van der Waals surface area contributed by atoms with E-state index >= 15 is 0 Å². The van der Waals surface area contributed by atoms with E-state index in [0.29, 0.717) is 24.6 Å². The fourth-order valence-electron chi connectivity index (χ4n) is 2.28.